The number of piperazine rings is 1. The molecule has 170 valence electrons. The third-order valence-electron chi connectivity index (χ3n) is 5.74. The SMILES string of the molecule is COc1cncc2nc(-c3ccnc(Nc4cc(C#N)ccn4)c3)nc(N3CCN(C)CC3)c12. The van der Waals surface area contributed by atoms with Gasteiger partial charge in [-0.2, -0.15) is 5.26 Å². The summed E-state index contributed by atoms with van der Waals surface area (Å²) in [4.78, 5) is 27.3. The van der Waals surface area contributed by atoms with Crippen molar-refractivity contribution in [3.05, 3.63) is 54.6 Å². The first-order valence-corrected chi connectivity index (χ1v) is 10.9. The van der Waals surface area contributed by atoms with E-state index >= 15 is 0 Å². The summed E-state index contributed by atoms with van der Waals surface area (Å²) >= 11 is 0. The second-order valence-corrected chi connectivity index (χ2v) is 7.99. The molecule has 1 saturated heterocycles. The predicted octanol–water partition coefficient (Wildman–Crippen LogP) is 2.86. The zero-order valence-corrected chi connectivity index (χ0v) is 18.9. The maximum Gasteiger partial charge on any atom is 0.162 e. The highest BCUT2D eigenvalue weighted by Crippen LogP contribution is 2.34. The summed E-state index contributed by atoms with van der Waals surface area (Å²) in [5, 5.41) is 13.1. The third kappa shape index (κ3) is 4.29. The van der Waals surface area contributed by atoms with Crippen LogP contribution in [0.3, 0.4) is 0 Å². The number of hydrogen-bond acceptors (Lipinski definition) is 10. The minimum atomic E-state index is 0.518. The number of aromatic nitrogens is 5. The second kappa shape index (κ2) is 9.25. The third-order valence-corrected chi connectivity index (χ3v) is 5.74. The predicted molar refractivity (Wildman–Crippen MR) is 129 cm³/mol. The molecule has 1 fully saturated rings. The fraction of sp³-hybridized carbons (Fsp3) is 0.250. The molecule has 0 aliphatic carbocycles. The van der Waals surface area contributed by atoms with E-state index in [2.05, 4.69) is 43.2 Å². The van der Waals surface area contributed by atoms with Crippen LogP contribution < -0.4 is 15.0 Å². The Hall–Kier alpha value is -4.36. The average molecular weight is 454 g/mol. The summed E-state index contributed by atoms with van der Waals surface area (Å²) in [6, 6.07) is 9.17. The lowest BCUT2D eigenvalue weighted by atomic mass is 10.2. The molecule has 0 aromatic carbocycles. The highest BCUT2D eigenvalue weighted by Gasteiger charge is 2.22. The number of methoxy groups -OCH3 is 1. The minimum absolute atomic E-state index is 0.518. The van der Waals surface area contributed by atoms with Crippen molar-refractivity contribution in [1.29, 1.82) is 5.26 Å². The monoisotopic (exact) mass is 453 g/mol. The van der Waals surface area contributed by atoms with Crippen LogP contribution >= 0.6 is 0 Å². The number of nitrogens with zero attached hydrogens (tertiary/aromatic N) is 8. The number of ether oxygens (including phenoxy) is 1. The molecule has 0 unspecified atom stereocenters. The molecular weight excluding hydrogens is 430 g/mol. The van der Waals surface area contributed by atoms with Crippen LogP contribution in [0.15, 0.2) is 49.1 Å². The first kappa shape index (κ1) is 21.5. The molecule has 5 heterocycles. The summed E-state index contributed by atoms with van der Waals surface area (Å²) < 4.78 is 5.60. The van der Waals surface area contributed by atoms with Gasteiger partial charge in [-0.05, 0) is 31.3 Å². The highest BCUT2D eigenvalue weighted by molar-refractivity contribution is 5.95. The topological polar surface area (TPSA) is 116 Å². The quantitative estimate of drug-likeness (QED) is 0.483. The molecule has 10 nitrogen and oxygen atoms in total. The van der Waals surface area contributed by atoms with Crippen molar-refractivity contribution in [3.8, 4) is 23.2 Å². The first-order chi connectivity index (χ1) is 16.6. The van der Waals surface area contributed by atoms with Gasteiger partial charge in [0.05, 0.1) is 42.0 Å². The summed E-state index contributed by atoms with van der Waals surface area (Å²) in [6.45, 7) is 3.62. The molecule has 1 aliphatic heterocycles. The molecule has 0 spiro atoms. The maximum absolute atomic E-state index is 9.13. The van der Waals surface area contributed by atoms with E-state index in [1.54, 1.807) is 44.0 Å². The molecule has 0 bridgehead atoms. The Morgan fingerprint density at radius 3 is 2.53 bits per heavy atom. The van der Waals surface area contributed by atoms with E-state index in [-0.39, 0.29) is 0 Å². The number of likely N-dealkylation sites (N-methyl/N-ethyl adjacent to an activating group) is 1. The number of hydrogen-bond donors (Lipinski definition) is 1. The van der Waals surface area contributed by atoms with Gasteiger partial charge in [0.15, 0.2) is 5.82 Å². The van der Waals surface area contributed by atoms with Crippen molar-refractivity contribution < 1.29 is 4.74 Å². The van der Waals surface area contributed by atoms with Crippen LogP contribution in [0.1, 0.15) is 5.56 Å². The van der Waals surface area contributed by atoms with E-state index < -0.39 is 0 Å². The van der Waals surface area contributed by atoms with Gasteiger partial charge < -0.3 is 19.9 Å². The Morgan fingerprint density at radius 2 is 1.76 bits per heavy atom. The van der Waals surface area contributed by atoms with Crippen molar-refractivity contribution in [2.75, 3.05) is 50.6 Å². The molecule has 0 amide bonds. The Kier molecular flexibility index (Phi) is 5.84. The van der Waals surface area contributed by atoms with E-state index in [1.807, 2.05) is 12.1 Å². The Morgan fingerprint density at radius 1 is 1.00 bits per heavy atom. The fourth-order valence-corrected chi connectivity index (χ4v) is 3.90. The van der Waals surface area contributed by atoms with Crippen LogP contribution in [0.5, 0.6) is 5.75 Å². The van der Waals surface area contributed by atoms with Gasteiger partial charge in [-0.15, -0.1) is 0 Å². The van der Waals surface area contributed by atoms with Crippen LogP contribution in [0.4, 0.5) is 17.5 Å². The van der Waals surface area contributed by atoms with E-state index in [1.165, 1.54) is 0 Å². The van der Waals surface area contributed by atoms with Gasteiger partial charge in [0, 0.05) is 44.1 Å². The molecule has 10 heteroatoms. The fourth-order valence-electron chi connectivity index (χ4n) is 3.90. The first-order valence-electron chi connectivity index (χ1n) is 10.9. The van der Waals surface area contributed by atoms with E-state index in [4.69, 9.17) is 20.0 Å². The smallest absolute Gasteiger partial charge is 0.162 e. The molecule has 1 aliphatic rings. The number of nitrogens with one attached hydrogen (secondary N) is 1. The van der Waals surface area contributed by atoms with Crippen LogP contribution in [0, 0.1) is 11.3 Å². The van der Waals surface area contributed by atoms with Gasteiger partial charge in [0.1, 0.15) is 23.2 Å². The molecule has 5 rings (SSSR count). The van der Waals surface area contributed by atoms with Crippen molar-refractivity contribution in [2.45, 2.75) is 0 Å². The highest BCUT2D eigenvalue weighted by atomic mass is 16.5. The Balaban J connectivity index is 1.56. The Labute approximate surface area is 196 Å². The lowest BCUT2D eigenvalue weighted by Gasteiger charge is -2.34. The van der Waals surface area contributed by atoms with Gasteiger partial charge >= 0.3 is 0 Å². The Bertz CT molecular complexity index is 1380. The molecule has 1 N–H and O–H groups in total. The van der Waals surface area contributed by atoms with Gasteiger partial charge in [-0.25, -0.2) is 19.9 Å². The number of nitriles is 1. The minimum Gasteiger partial charge on any atom is -0.494 e. The zero-order valence-electron chi connectivity index (χ0n) is 18.9. The molecular formula is C24H23N9O. The van der Waals surface area contributed by atoms with Crippen LogP contribution in [-0.2, 0) is 0 Å². The van der Waals surface area contributed by atoms with E-state index in [9.17, 15) is 0 Å². The maximum atomic E-state index is 9.13. The van der Waals surface area contributed by atoms with E-state index in [0.717, 1.165) is 42.9 Å². The molecule has 4 aromatic rings. The lowest BCUT2D eigenvalue weighted by Crippen LogP contribution is -2.45. The summed E-state index contributed by atoms with van der Waals surface area (Å²) in [5.74, 6) is 3.17. The van der Waals surface area contributed by atoms with Crippen LogP contribution in [0.2, 0.25) is 0 Å². The average Bonchev–Trinajstić information content (AvgIpc) is 2.88. The second-order valence-electron chi connectivity index (χ2n) is 7.99. The van der Waals surface area contributed by atoms with E-state index in [0.29, 0.717) is 34.3 Å². The normalized spacial score (nSPS) is 14.1. The van der Waals surface area contributed by atoms with Crippen molar-refractivity contribution >= 4 is 28.4 Å². The summed E-state index contributed by atoms with van der Waals surface area (Å²) in [5.41, 5.74) is 2.03. The van der Waals surface area contributed by atoms with Crippen LogP contribution in [0.25, 0.3) is 22.3 Å². The molecule has 0 atom stereocenters. The molecule has 0 saturated carbocycles. The summed E-state index contributed by atoms with van der Waals surface area (Å²) in [6.07, 6.45) is 6.71. The molecule has 34 heavy (non-hydrogen) atoms. The van der Waals surface area contributed by atoms with Crippen LogP contribution in [-0.4, -0.2) is 70.2 Å². The zero-order chi connectivity index (χ0) is 23.5. The van der Waals surface area contributed by atoms with Crippen molar-refractivity contribution in [1.82, 2.24) is 29.8 Å². The van der Waals surface area contributed by atoms with Gasteiger partial charge in [0.25, 0.3) is 0 Å². The number of rotatable bonds is 5. The van der Waals surface area contributed by atoms with Gasteiger partial charge in [-0.1, -0.05) is 0 Å². The van der Waals surface area contributed by atoms with Crippen molar-refractivity contribution in [3.63, 3.8) is 0 Å². The van der Waals surface area contributed by atoms with Gasteiger partial charge in [0.2, 0.25) is 0 Å². The standard InChI is InChI=1S/C24H23N9O/c1-32-7-9-33(10-8-32)24-22-18(14-26-15-19(22)34-2)29-23(31-24)17-4-6-28-21(12-17)30-20-11-16(13-25)3-5-27-20/h3-6,11-12,14-15H,7-10H2,1-2H3,(H,27,28,30). The largest absolute Gasteiger partial charge is 0.494 e. The summed E-state index contributed by atoms with van der Waals surface area (Å²) in [7, 11) is 3.76. The molecule has 4 aromatic heterocycles. The number of fused-ring (bicyclic) bond motifs is 1. The van der Waals surface area contributed by atoms with Crippen molar-refractivity contribution in [2.24, 2.45) is 0 Å². The number of pyridine rings is 3. The molecule has 0 radical (unpaired) electrons. The van der Waals surface area contributed by atoms with Gasteiger partial charge in [-0.3, -0.25) is 4.98 Å². The number of anilines is 3. The lowest BCUT2D eigenvalue weighted by molar-refractivity contribution is 0.312.